The lowest BCUT2D eigenvalue weighted by atomic mass is 10.0. The zero-order chi connectivity index (χ0) is 31.4. The number of piperidine rings is 1. The van der Waals surface area contributed by atoms with Gasteiger partial charge in [0.25, 0.3) is 5.91 Å². The number of alkyl halides is 3. The lowest BCUT2D eigenvalue weighted by Crippen LogP contribution is -2.42. The number of carbonyl (C=O) groups excluding carboxylic acids is 1. The molecule has 1 aliphatic rings. The number of nitrogens with zero attached hydrogens (tertiary/aromatic N) is 6. The molecule has 1 amide bonds. The first-order valence-corrected chi connectivity index (χ1v) is 14.1. The number of nitrogens with one attached hydrogen (secondary N) is 1. The molecule has 0 unspecified atom stereocenters. The highest BCUT2D eigenvalue weighted by molar-refractivity contribution is 6.06. The van der Waals surface area contributed by atoms with Crippen LogP contribution < -0.4 is 15.0 Å². The maximum absolute atomic E-state index is 15.0. The smallest absolute Gasteiger partial charge is 0.416 e. The predicted molar refractivity (Wildman–Crippen MR) is 157 cm³/mol. The molecule has 4 aromatic rings. The number of aromatic nitrogens is 4. The maximum Gasteiger partial charge on any atom is 0.416 e. The molecule has 0 bridgehead atoms. The van der Waals surface area contributed by atoms with E-state index in [4.69, 9.17) is 4.74 Å². The average molecular weight is 610 g/mol. The summed E-state index contributed by atoms with van der Waals surface area (Å²) in [6.45, 7) is 3.57. The van der Waals surface area contributed by atoms with Crippen molar-refractivity contribution >= 4 is 17.3 Å². The van der Waals surface area contributed by atoms with Crippen LogP contribution in [-0.2, 0) is 12.6 Å². The molecule has 2 aromatic heterocycles. The van der Waals surface area contributed by atoms with Gasteiger partial charge in [0, 0.05) is 25.7 Å². The quantitative estimate of drug-likeness (QED) is 0.235. The van der Waals surface area contributed by atoms with E-state index in [1.54, 1.807) is 19.2 Å². The van der Waals surface area contributed by atoms with Crippen LogP contribution >= 0.6 is 0 Å². The van der Waals surface area contributed by atoms with E-state index in [1.807, 2.05) is 18.9 Å². The Labute approximate surface area is 251 Å². The summed E-state index contributed by atoms with van der Waals surface area (Å²) in [6, 6.07) is 10.1. The molecular formula is C31H31F4N7O2. The van der Waals surface area contributed by atoms with E-state index in [2.05, 4.69) is 30.2 Å². The van der Waals surface area contributed by atoms with Crippen LogP contribution in [0.4, 0.5) is 28.9 Å². The van der Waals surface area contributed by atoms with Gasteiger partial charge in [-0.2, -0.15) is 13.2 Å². The SMILES string of the molecule is CCc1ncnc(-c2cccnc2Oc2ccc(F)c(C(=O)Nc3cc(C(F)(F)F)ccc3N(C)C3CCN(C)CC3)c2)n1. The van der Waals surface area contributed by atoms with Gasteiger partial charge in [-0.1, -0.05) is 6.92 Å². The fourth-order valence-corrected chi connectivity index (χ4v) is 5.01. The molecule has 0 radical (unpaired) electrons. The number of ether oxygens (including phenoxy) is 1. The highest BCUT2D eigenvalue weighted by atomic mass is 19.4. The first-order chi connectivity index (χ1) is 21.0. The van der Waals surface area contributed by atoms with Crippen molar-refractivity contribution in [3.05, 3.63) is 83.8 Å². The van der Waals surface area contributed by atoms with Gasteiger partial charge in [-0.25, -0.2) is 24.3 Å². The number of hydrogen-bond acceptors (Lipinski definition) is 8. The van der Waals surface area contributed by atoms with Crippen LogP contribution in [-0.4, -0.2) is 64.0 Å². The minimum Gasteiger partial charge on any atom is -0.438 e. The van der Waals surface area contributed by atoms with Gasteiger partial charge in [0.05, 0.1) is 28.1 Å². The number of benzene rings is 2. The zero-order valence-corrected chi connectivity index (χ0v) is 24.4. The minimum atomic E-state index is -4.64. The number of hydrogen-bond donors (Lipinski definition) is 1. The average Bonchev–Trinajstić information content (AvgIpc) is 3.02. The maximum atomic E-state index is 15.0. The van der Waals surface area contributed by atoms with Gasteiger partial charge in [0.15, 0.2) is 5.82 Å². The molecule has 5 rings (SSSR count). The van der Waals surface area contributed by atoms with Crippen LogP contribution in [0.3, 0.4) is 0 Å². The van der Waals surface area contributed by atoms with Gasteiger partial charge < -0.3 is 19.9 Å². The van der Waals surface area contributed by atoms with Crippen molar-refractivity contribution in [3.63, 3.8) is 0 Å². The van der Waals surface area contributed by atoms with Crippen molar-refractivity contribution in [2.45, 2.75) is 38.4 Å². The van der Waals surface area contributed by atoms with Gasteiger partial charge in [-0.3, -0.25) is 4.79 Å². The summed E-state index contributed by atoms with van der Waals surface area (Å²) in [6.07, 6.45) is 0.423. The van der Waals surface area contributed by atoms with Crippen LogP contribution in [0.2, 0.25) is 0 Å². The van der Waals surface area contributed by atoms with Crippen molar-refractivity contribution in [1.29, 1.82) is 0 Å². The Morgan fingerprint density at radius 1 is 1.09 bits per heavy atom. The summed E-state index contributed by atoms with van der Waals surface area (Å²) >= 11 is 0. The van der Waals surface area contributed by atoms with Gasteiger partial charge in [-0.05, 0) is 81.5 Å². The number of carbonyl (C=O) groups is 1. The fraction of sp³-hybridized carbons (Fsp3) is 0.323. The van der Waals surface area contributed by atoms with Crippen molar-refractivity contribution in [2.24, 2.45) is 0 Å². The van der Waals surface area contributed by atoms with Crippen LogP contribution in [0, 0.1) is 5.82 Å². The van der Waals surface area contributed by atoms with Gasteiger partial charge in [0.2, 0.25) is 5.88 Å². The lowest BCUT2D eigenvalue weighted by Gasteiger charge is -2.37. The van der Waals surface area contributed by atoms with E-state index >= 15 is 0 Å². The molecule has 44 heavy (non-hydrogen) atoms. The molecule has 13 heteroatoms. The number of likely N-dealkylation sites (tertiary alicyclic amines) is 1. The van der Waals surface area contributed by atoms with Crippen molar-refractivity contribution in [2.75, 3.05) is 37.4 Å². The van der Waals surface area contributed by atoms with Gasteiger partial charge in [0.1, 0.15) is 23.7 Å². The molecule has 1 N–H and O–H groups in total. The third-order valence-electron chi connectivity index (χ3n) is 7.53. The molecule has 0 spiro atoms. The second-order valence-electron chi connectivity index (χ2n) is 10.5. The Kier molecular flexibility index (Phi) is 9.04. The lowest BCUT2D eigenvalue weighted by molar-refractivity contribution is -0.137. The molecule has 0 atom stereocenters. The van der Waals surface area contributed by atoms with E-state index in [0.717, 1.165) is 44.1 Å². The summed E-state index contributed by atoms with van der Waals surface area (Å²) in [4.78, 5) is 34.4. The van der Waals surface area contributed by atoms with Crippen LogP contribution in [0.1, 0.15) is 41.5 Å². The van der Waals surface area contributed by atoms with Crippen LogP contribution in [0.25, 0.3) is 11.4 Å². The fourth-order valence-electron chi connectivity index (χ4n) is 5.01. The van der Waals surface area contributed by atoms with E-state index in [9.17, 15) is 22.4 Å². The van der Waals surface area contributed by atoms with Crippen molar-refractivity contribution in [1.82, 2.24) is 24.8 Å². The normalized spacial score (nSPS) is 14.3. The Balaban J connectivity index is 1.43. The predicted octanol–water partition coefficient (Wildman–Crippen LogP) is 6.23. The summed E-state index contributed by atoms with van der Waals surface area (Å²) < 4.78 is 61.9. The highest BCUT2D eigenvalue weighted by Crippen LogP contribution is 2.37. The second-order valence-corrected chi connectivity index (χ2v) is 10.5. The summed E-state index contributed by atoms with van der Waals surface area (Å²) in [5.41, 5.74) is -0.580. The first-order valence-electron chi connectivity index (χ1n) is 14.1. The third kappa shape index (κ3) is 6.94. The first kappa shape index (κ1) is 30.8. The van der Waals surface area contributed by atoms with E-state index < -0.39 is 29.0 Å². The van der Waals surface area contributed by atoms with Crippen molar-refractivity contribution < 1.29 is 27.1 Å². The Morgan fingerprint density at radius 2 is 1.86 bits per heavy atom. The molecule has 1 saturated heterocycles. The highest BCUT2D eigenvalue weighted by Gasteiger charge is 2.32. The van der Waals surface area contributed by atoms with Gasteiger partial charge in [-0.15, -0.1) is 0 Å². The zero-order valence-electron chi connectivity index (χ0n) is 24.4. The summed E-state index contributed by atoms with van der Waals surface area (Å²) in [5.74, 6) is -0.727. The molecule has 1 fully saturated rings. The standard InChI is InChI=1S/C31H31F4N7O2/c1-4-27-37-18-38-28(40-27)22-6-5-13-36-30(22)44-21-8-9-24(32)23(17-21)29(43)39-25-16-19(31(33,34)35)7-10-26(25)42(3)20-11-14-41(2)15-12-20/h5-10,13,16-18,20H,4,11-12,14-15H2,1-3H3,(H,39,43). The van der Waals surface area contributed by atoms with E-state index in [-0.39, 0.29) is 23.4 Å². The number of aryl methyl sites for hydroxylation is 1. The summed E-state index contributed by atoms with van der Waals surface area (Å²) in [7, 11) is 3.79. The number of amides is 1. The van der Waals surface area contributed by atoms with Crippen LogP contribution in [0.5, 0.6) is 11.6 Å². The summed E-state index contributed by atoms with van der Waals surface area (Å²) in [5, 5.41) is 2.52. The van der Waals surface area contributed by atoms with Crippen molar-refractivity contribution in [3.8, 4) is 23.0 Å². The molecular weight excluding hydrogens is 578 g/mol. The molecule has 9 nitrogen and oxygen atoms in total. The van der Waals surface area contributed by atoms with Gasteiger partial charge >= 0.3 is 6.18 Å². The van der Waals surface area contributed by atoms with Crippen LogP contribution in [0.15, 0.2) is 61.1 Å². The molecule has 1 aliphatic heterocycles. The Bertz CT molecular complexity index is 1640. The van der Waals surface area contributed by atoms with E-state index in [0.29, 0.717) is 29.3 Å². The third-order valence-corrected chi connectivity index (χ3v) is 7.53. The number of pyridine rings is 1. The Morgan fingerprint density at radius 3 is 2.59 bits per heavy atom. The van der Waals surface area contributed by atoms with E-state index in [1.165, 1.54) is 30.7 Å². The topological polar surface area (TPSA) is 96.4 Å². The monoisotopic (exact) mass is 609 g/mol. The largest absolute Gasteiger partial charge is 0.438 e. The number of anilines is 2. The molecule has 0 saturated carbocycles. The minimum absolute atomic E-state index is 0.0531. The number of halogens is 4. The Hall–Kier alpha value is -4.65. The molecule has 0 aliphatic carbocycles. The number of rotatable bonds is 8. The molecule has 230 valence electrons. The second kappa shape index (κ2) is 12.9. The molecule has 3 heterocycles. The molecule has 2 aromatic carbocycles.